The fraction of sp³-hybridized carbons (Fsp3) is 0.0870. The predicted octanol–water partition coefficient (Wildman–Crippen LogP) is 5.38. The highest BCUT2D eigenvalue weighted by molar-refractivity contribution is 7.80. The third-order valence-electron chi connectivity index (χ3n) is 4.75. The van der Waals surface area contributed by atoms with Crippen LogP contribution < -0.4 is 10.6 Å². The van der Waals surface area contributed by atoms with Gasteiger partial charge in [0.25, 0.3) is 5.91 Å². The van der Waals surface area contributed by atoms with Crippen molar-refractivity contribution < 1.29 is 13.6 Å². The van der Waals surface area contributed by atoms with E-state index in [1.165, 1.54) is 6.07 Å². The quantitative estimate of drug-likeness (QED) is 0.437. The average molecular weight is 419 g/mol. The van der Waals surface area contributed by atoms with Gasteiger partial charge in [-0.1, -0.05) is 18.2 Å². The summed E-state index contributed by atoms with van der Waals surface area (Å²) >= 11 is 5.26. The lowest BCUT2D eigenvalue weighted by molar-refractivity contribution is 0.0977. The molecule has 1 amide bonds. The molecule has 0 unspecified atom stereocenters. The number of nitrogens with one attached hydrogen (secondary N) is 2. The third kappa shape index (κ3) is 4.06. The van der Waals surface area contributed by atoms with E-state index >= 15 is 0 Å². The molecule has 30 heavy (non-hydrogen) atoms. The van der Waals surface area contributed by atoms with Gasteiger partial charge in [-0.2, -0.15) is 0 Å². The molecule has 0 spiro atoms. The molecule has 4 rings (SSSR count). The standard InChI is InChI=1S/C23H18FN3O2S/c1-13-7-8-15(11-14(13)2)21(28)27-23(30)25-16-9-10-20-19(12-16)26-22(29-20)17-5-3-4-6-18(17)24/h3-12H,1-2H3,(H2,25,27,28,30). The van der Waals surface area contributed by atoms with Crippen molar-refractivity contribution in [3.63, 3.8) is 0 Å². The molecule has 0 saturated heterocycles. The average Bonchev–Trinajstić information content (AvgIpc) is 3.13. The van der Waals surface area contributed by atoms with Gasteiger partial charge >= 0.3 is 0 Å². The van der Waals surface area contributed by atoms with Gasteiger partial charge < -0.3 is 9.73 Å². The molecular formula is C23H18FN3O2S. The van der Waals surface area contributed by atoms with E-state index in [1.54, 1.807) is 42.5 Å². The molecule has 0 bridgehead atoms. The van der Waals surface area contributed by atoms with Crippen LogP contribution in [-0.2, 0) is 0 Å². The van der Waals surface area contributed by atoms with Gasteiger partial charge in [0.1, 0.15) is 11.3 Å². The monoisotopic (exact) mass is 419 g/mol. The molecule has 0 atom stereocenters. The van der Waals surface area contributed by atoms with Crippen molar-refractivity contribution >= 4 is 40.0 Å². The number of anilines is 1. The molecule has 3 aromatic carbocycles. The lowest BCUT2D eigenvalue weighted by Crippen LogP contribution is -2.34. The number of benzene rings is 3. The largest absolute Gasteiger partial charge is 0.436 e. The van der Waals surface area contributed by atoms with Crippen LogP contribution in [0.4, 0.5) is 10.1 Å². The summed E-state index contributed by atoms with van der Waals surface area (Å²) in [5, 5.41) is 5.79. The maximum atomic E-state index is 14.0. The Morgan fingerprint density at radius 3 is 2.60 bits per heavy atom. The molecule has 0 aliphatic rings. The normalized spacial score (nSPS) is 10.8. The molecule has 7 heteroatoms. The van der Waals surface area contributed by atoms with E-state index in [4.69, 9.17) is 16.6 Å². The molecule has 1 heterocycles. The molecule has 0 aliphatic heterocycles. The number of oxazole rings is 1. The van der Waals surface area contributed by atoms with Crippen LogP contribution in [-0.4, -0.2) is 16.0 Å². The van der Waals surface area contributed by atoms with Gasteiger partial charge in [0, 0.05) is 11.3 Å². The van der Waals surface area contributed by atoms with Crippen molar-refractivity contribution in [1.29, 1.82) is 0 Å². The predicted molar refractivity (Wildman–Crippen MR) is 119 cm³/mol. The van der Waals surface area contributed by atoms with Crippen molar-refractivity contribution in [1.82, 2.24) is 10.3 Å². The molecule has 2 N–H and O–H groups in total. The Morgan fingerprint density at radius 1 is 1.03 bits per heavy atom. The van der Waals surface area contributed by atoms with Gasteiger partial charge in [0.15, 0.2) is 10.7 Å². The van der Waals surface area contributed by atoms with Gasteiger partial charge in [0.05, 0.1) is 5.56 Å². The van der Waals surface area contributed by atoms with Crippen LogP contribution >= 0.6 is 12.2 Å². The van der Waals surface area contributed by atoms with Crippen LogP contribution in [0.2, 0.25) is 0 Å². The van der Waals surface area contributed by atoms with E-state index < -0.39 is 5.82 Å². The second-order valence-corrected chi connectivity index (χ2v) is 7.30. The Hall–Kier alpha value is -3.58. The van der Waals surface area contributed by atoms with Crippen molar-refractivity contribution in [2.75, 3.05) is 5.32 Å². The minimum Gasteiger partial charge on any atom is -0.436 e. The third-order valence-corrected chi connectivity index (χ3v) is 4.95. The molecule has 1 aromatic heterocycles. The lowest BCUT2D eigenvalue weighted by Gasteiger charge is -2.10. The minimum absolute atomic E-state index is 0.162. The number of hydrogen-bond donors (Lipinski definition) is 2. The number of nitrogens with zero attached hydrogens (tertiary/aromatic N) is 1. The summed E-state index contributed by atoms with van der Waals surface area (Å²) in [5.74, 6) is -0.497. The Bertz CT molecular complexity index is 1280. The number of carbonyl (C=O) groups excluding carboxylic acids is 1. The first kappa shape index (κ1) is 19.7. The van der Waals surface area contributed by atoms with Crippen LogP contribution in [0.5, 0.6) is 0 Å². The molecule has 0 aliphatic carbocycles. The fourth-order valence-electron chi connectivity index (χ4n) is 2.98. The van der Waals surface area contributed by atoms with E-state index in [9.17, 15) is 9.18 Å². The van der Waals surface area contributed by atoms with Crippen molar-refractivity contribution in [3.05, 3.63) is 83.2 Å². The van der Waals surface area contributed by atoms with Gasteiger partial charge in [-0.05, 0) is 79.7 Å². The maximum Gasteiger partial charge on any atom is 0.257 e. The number of aryl methyl sites for hydroxylation is 2. The highest BCUT2D eigenvalue weighted by atomic mass is 32.1. The summed E-state index contributed by atoms with van der Waals surface area (Å²) in [6.07, 6.45) is 0. The number of fused-ring (bicyclic) bond motifs is 1. The second-order valence-electron chi connectivity index (χ2n) is 6.89. The van der Waals surface area contributed by atoms with E-state index in [-0.39, 0.29) is 16.9 Å². The topological polar surface area (TPSA) is 67.2 Å². The summed E-state index contributed by atoms with van der Waals surface area (Å²) in [6, 6.07) is 16.9. The summed E-state index contributed by atoms with van der Waals surface area (Å²) in [7, 11) is 0. The minimum atomic E-state index is -0.405. The van der Waals surface area contributed by atoms with Crippen LogP contribution in [0.3, 0.4) is 0 Å². The first-order chi connectivity index (χ1) is 14.4. The molecule has 0 radical (unpaired) electrons. The molecule has 4 aromatic rings. The maximum absolute atomic E-state index is 14.0. The van der Waals surface area contributed by atoms with Crippen LogP contribution in [0.1, 0.15) is 21.5 Å². The summed E-state index contributed by atoms with van der Waals surface area (Å²) in [4.78, 5) is 16.8. The van der Waals surface area contributed by atoms with Gasteiger partial charge in [-0.15, -0.1) is 0 Å². The van der Waals surface area contributed by atoms with Gasteiger partial charge in [-0.3, -0.25) is 10.1 Å². The number of hydrogen-bond acceptors (Lipinski definition) is 4. The molecule has 0 saturated carbocycles. The Morgan fingerprint density at radius 2 is 1.83 bits per heavy atom. The summed E-state index contributed by atoms with van der Waals surface area (Å²) < 4.78 is 19.7. The zero-order valence-electron chi connectivity index (χ0n) is 16.3. The zero-order chi connectivity index (χ0) is 21.3. The highest BCUT2D eigenvalue weighted by Gasteiger charge is 2.13. The zero-order valence-corrected chi connectivity index (χ0v) is 17.1. The first-order valence-electron chi connectivity index (χ1n) is 9.26. The number of rotatable bonds is 3. The summed E-state index contributed by atoms with van der Waals surface area (Å²) in [5.41, 5.74) is 4.65. The Balaban J connectivity index is 1.49. The number of carbonyl (C=O) groups is 1. The first-order valence-corrected chi connectivity index (χ1v) is 9.66. The van der Waals surface area contributed by atoms with E-state index in [2.05, 4.69) is 15.6 Å². The van der Waals surface area contributed by atoms with Gasteiger partial charge in [0.2, 0.25) is 5.89 Å². The van der Waals surface area contributed by atoms with Crippen LogP contribution in [0.25, 0.3) is 22.6 Å². The van der Waals surface area contributed by atoms with Crippen LogP contribution in [0, 0.1) is 19.7 Å². The fourth-order valence-corrected chi connectivity index (χ4v) is 3.19. The van der Waals surface area contributed by atoms with Crippen molar-refractivity contribution in [2.24, 2.45) is 0 Å². The number of thiocarbonyl (C=S) groups is 1. The van der Waals surface area contributed by atoms with E-state index in [0.29, 0.717) is 27.9 Å². The number of amides is 1. The van der Waals surface area contributed by atoms with Crippen LogP contribution in [0.15, 0.2) is 65.1 Å². The molecular weight excluding hydrogens is 401 g/mol. The van der Waals surface area contributed by atoms with Crippen molar-refractivity contribution in [3.8, 4) is 11.5 Å². The van der Waals surface area contributed by atoms with Gasteiger partial charge in [-0.25, -0.2) is 9.37 Å². The highest BCUT2D eigenvalue weighted by Crippen LogP contribution is 2.27. The second kappa shape index (κ2) is 8.04. The summed E-state index contributed by atoms with van der Waals surface area (Å²) in [6.45, 7) is 3.94. The molecule has 0 fully saturated rings. The van der Waals surface area contributed by atoms with E-state index in [0.717, 1.165) is 11.1 Å². The van der Waals surface area contributed by atoms with E-state index in [1.807, 2.05) is 26.0 Å². The SMILES string of the molecule is Cc1ccc(C(=O)NC(=S)Nc2ccc3oc(-c4ccccc4F)nc3c2)cc1C. The Labute approximate surface area is 177 Å². The number of halogens is 1. The molecule has 5 nitrogen and oxygen atoms in total. The lowest BCUT2D eigenvalue weighted by atomic mass is 10.1. The molecule has 150 valence electrons. The Kier molecular flexibility index (Phi) is 5.29. The van der Waals surface area contributed by atoms with Crippen molar-refractivity contribution in [2.45, 2.75) is 13.8 Å². The smallest absolute Gasteiger partial charge is 0.257 e. The number of aromatic nitrogens is 1.